The van der Waals surface area contributed by atoms with Crippen LogP contribution in [0.4, 0.5) is 18.3 Å². The molecule has 1 atom stereocenters. The molecule has 0 bridgehead atoms. The second-order valence-corrected chi connectivity index (χ2v) is 4.26. The SMILES string of the molecule is Nc1nccs1.O=C(O)C(F)(F)F.O=C1CC(C(=O)O)N1. The van der Waals surface area contributed by atoms with Crippen molar-refractivity contribution in [3.63, 3.8) is 0 Å². The van der Waals surface area contributed by atoms with E-state index in [2.05, 4.69) is 10.3 Å². The second kappa shape index (κ2) is 8.04. The van der Waals surface area contributed by atoms with Gasteiger partial charge in [-0.25, -0.2) is 14.6 Å². The van der Waals surface area contributed by atoms with E-state index in [1.54, 1.807) is 6.20 Å². The number of β-lactam (4-membered cyclic amide) rings is 1. The van der Waals surface area contributed by atoms with Crippen LogP contribution in [0.25, 0.3) is 0 Å². The Bertz CT molecular complexity index is 483. The number of carboxylic acids is 2. The predicted octanol–water partition coefficient (Wildman–Crippen LogP) is 0.318. The lowest BCUT2D eigenvalue weighted by molar-refractivity contribution is -0.192. The number of rotatable bonds is 1. The Labute approximate surface area is 119 Å². The number of nitrogens with two attached hydrogens (primary N) is 1. The van der Waals surface area contributed by atoms with Gasteiger partial charge in [-0.15, -0.1) is 11.3 Å². The maximum atomic E-state index is 10.6. The molecule has 1 saturated heterocycles. The molecule has 1 aliphatic heterocycles. The van der Waals surface area contributed by atoms with Crippen molar-refractivity contribution in [2.45, 2.75) is 18.6 Å². The third kappa shape index (κ3) is 8.41. The van der Waals surface area contributed by atoms with Crippen molar-refractivity contribution in [1.82, 2.24) is 10.3 Å². The van der Waals surface area contributed by atoms with Crippen LogP contribution in [0.5, 0.6) is 0 Å². The molecule has 1 fully saturated rings. The van der Waals surface area contributed by atoms with Crippen LogP contribution in [0, 0.1) is 0 Å². The number of amides is 1. The summed E-state index contributed by atoms with van der Waals surface area (Å²) in [5.74, 6) is -3.89. The molecule has 0 aliphatic carbocycles. The Balaban J connectivity index is 0.000000289. The van der Waals surface area contributed by atoms with Crippen molar-refractivity contribution in [1.29, 1.82) is 0 Å². The number of nitrogens with zero attached hydrogens (tertiary/aromatic N) is 1. The summed E-state index contributed by atoms with van der Waals surface area (Å²) in [5, 5.41) is 19.9. The molecule has 118 valence electrons. The Morgan fingerprint density at radius 1 is 1.43 bits per heavy atom. The van der Waals surface area contributed by atoms with Gasteiger partial charge in [0.2, 0.25) is 5.91 Å². The lowest BCUT2D eigenvalue weighted by atomic mass is 10.1. The molecule has 1 aliphatic rings. The number of carbonyl (C=O) groups excluding carboxylic acids is 1. The number of carboxylic acid groups (broad SMARTS) is 2. The molecule has 21 heavy (non-hydrogen) atoms. The molecule has 2 rings (SSSR count). The van der Waals surface area contributed by atoms with Crippen LogP contribution < -0.4 is 11.1 Å². The van der Waals surface area contributed by atoms with Crippen LogP contribution in [0.15, 0.2) is 11.6 Å². The van der Waals surface area contributed by atoms with Crippen LogP contribution in [-0.2, 0) is 14.4 Å². The summed E-state index contributed by atoms with van der Waals surface area (Å²) in [5.41, 5.74) is 5.19. The van der Waals surface area contributed by atoms with E-state index in [9.17, 15) is 22.8 Å². The van der Waals surface area contributed by atoms with Gasteiger partial charge < -0.3 is 21.3 Å². The van der Waals surface area contributed by atoms with Gasteiger partial charge in [0.15, 0.2) is 5.13 Å². The Morgan fingerprint density at radius 3 is 2.00 bits per heavy atom. The molecule has 8 nitrogen and oxygen atoms in total. The van der Waals surface area contributed by atoms with Gasteiger partial charge in [0.1, 0.15) is 6.04 Å². The highest BCUT2D eigenvalue weighted by Crippen LogP contribution is 2.13. The highest BCUT2D eigenvalue weighted by Gasteiger charge is 2.38. The van der Waals surface area contributed by atoms with Crippen molar-refractivity contribution >= 4 is 34.3 Å². The fourth-order valence-electron chi connectivity index (χ4n) is 0.742. The van der Waals surface area contributed by atoms with Crippen LogP contribution in [-0.4, -0.2) is 45.3 Å². The molecule has 0 saturated carbocycles. The van der Waals surface area contributed by atoms with E-state index < -0.39 is 24.2 Å². The fourth-order valence-corrected chi connectivity index (χ4v) is 1.12. The zero-order valence-electron chi connectivity index (χ0n) is 10.1. The number of hydrogen-bond acceptors (Lipinski definition) is 6. The van der Waals surface area contributed by atoms with Crippen LogP contribution in [0.2, 0.25) is 0 Å². The number of aromatic nitrogens is 1. The van der Waals surface area contributed by atoms with E-state index in [0.717, 1.165) is 0 Å². The van der Waals surface area contributed by atoms with Gasteiger partial charge in [-0.3, -0.25) is 4.79 Å². The average molecular weight is 329 g/mol. The van der Waals surface area contributed by atoms with Crippen LogP contribution >= 0.6 is 11.3 Å². The van der Waals surface area contributed by atoms with Crippen molar-refractivity contribution in [2.75, 3.05) is 5.73 Å². The number of nitrogen functional groups attached to an aromatic ring is 1. The summed E-state index contributed by atoms with van der Waals surface area (Å²) in [6.45, 7) is 0. The minimum atomic E-state index is -5.08. The van der Waals surface area contributed by atoms with Crippen molar-refractivity contribution in [3.05, 3.63) is 11.6 Å². The van der Waals surface area contributed by atoms with Gasteiger partial charge >= 0.3 is 18.1 Å². The minimum absolute atomic E-state index is 0.134. The molecular formula is C9H10F3N3O5S. The average Bonchev–Trinajstić information content (AvgIpc) is 2.76. The number of carbonyl (C=O) groups is 3. The first-order chi connectivity index (χ1) is 9.54. The molecule has 1 amide bonds. The smallest absolute Gasteiger partial charge is 0.480 e. The summed E-state index contributed by atoms with van der Waals surface area (Å²) < 4.78 is 31.7. The predicted molar refractivity (Wildman–Crippen MR) is 64.4 cm³/mol. The van der Waals surface area contributed by atoms with Crippen LogP contribution in [0.1, 0.15) is 6.42 Å². The van der Waals surface area contributed by atoms with Crippen LogP contribution in [0.3, 0.4) is 0 Å². The minimum Gasteiger partial charge on any atom is -0.480 e. The summed E-state index contributed by atoms with van der Waals surface area (Å²) in [4.78, 5) is 32.6. The van der Waals surface area contributed by atoms with Gasteiger partial charge in [0.25, 0.3) is 0 Å². The highest BCUT2D eigenvalue weighted by atomic mass is 32.1. The first kappa shape index (κ1) is 18.6. The number of aliphatic carboxylic acids is 2. The maximum Gasteiger partial charge on any atom is 0.490 e. The molecule has 2 heterocycles. The van der Waals surface area contributed by atoms with Crippen molar-refractivity contribution < 1.29 is 37.8 Å². The van der Waals surface area contributed by atoms with Gasteiger partial charge in [0, 0.05) is 11.6 Å². The van der Waals surface area contributed by atoms with E-state index in [1.165, 1.54) is 11.3 Å². The topological polar surface area (TPSA) is 143 Å². The molecule has 0 radical (unpaired) electrons. The van der Waals surface area contributed by atoms with E-state index >= 15 is 0 Å². The van der Waals surface area contributed by atoms with E-state index in [1.807, 2.05) is 5.38 Å². The Morgan fingerprint density at radius 2 is 1.90 bits per heavy atom. The van der Waals surface area contributed by atoms with E-state index in [0.29, 0.717) is 5.13 Å². The zero-order valence-corrected chi connectivity index (χ0v) is 10.9. The summed E-state index contributed by atoms with van der Waals surface area (Å²) in [6, 6.07) is -0.623. The zero-order chi connectivity index (χ0) is 16.6. The third-order valence-corrected chi connectivity index (χ3v) is 2.32. The normalized spacial score (nSPS) is 16.1. The summed E-state index contributed by atoms with van der Waals surface area (Å²) in [7, 11) is 0. The maximum absolute atomic E-state index is 10.6. The Kier molecular flexibility index (Phi) is 7.13. The monoisotopic (exact) mass is 329 g/mol. The van der Waals surface area contributed by atoms with E-state index in [4.69, 9.17) is 20.7 Å². The number of anilines is 1. The molecular weight excluding hydrogens is 319 g/mol. The van der Waals surface area contributed by atoms with Crippen molar-refractivity contribution in [3.8, 4) is 0 Å². The van der Waals surface area contributed by atoms with Gasteiger partial charge in [-0.1, -0.05) is 0 Å². The summed E-state index contributed by atoms with van der Waals surface area (Å²) in [6.07, 6.45) is -3.27. The lowest BCUT2D eigenvalue weighted by Gasteiger charge is -2.21. The molecule has 1 aromatic rings. The second-order valence-electron chi connectivity index (χ2n) is 3.34. The standard InChI is InChI=1S/C4H5NO3.C3H4N2S.C2HF3O2/c6-3-1-2(5-3)4(7)8;4-3-5-1-2-6-3;3-2(4,5)1(6)7/h2H,1H2,(H,5,6)(H,7,8);1-2H,(H2,4,5);(H,6,7). The first-order valence-corrected chi connectivity index (χ1v) is 5.89. The van der Waals surface area contributed by atoms with Gasteiger partial charge in [-0.2, -0.15) is 13.2 Å². The number of thiazole rings is 1. The molecule has 1 unspecified atom stereocenters. The van der Waals surface area contributed by atoms with Crippen molar-refractivity contribution in [2.24, 2.45) is 0 Å². The van der Waals surface area contributed by atoms with Gasteiger partial charge in [-0.05, 0) is 0 Å². The molecule has 12 heteroatoms. The molecule has 5 N–H and O–H groups in total. The van der Waals surface area contributed by atoms with E-state index in [-0.39, 0.29) is 12.3 Å². The third-order valence-electron chi connectivity index (χ3n) is 1.72. The Hall–Kier alpha value is -2.37. The van der Waals surface area contributed by atoms with Gasteiger partial charge in [0.05, 0.1) is 6.42 Å². The number of nitrogens with one attached hydrogen (secondary N) is 1. The summed E-state index contributed by atoms with van der Waals surface area (Å²) >= 11 is 1.44. The number of hydrogen-bond donors (Lipinski definition) is 4. The lowest BCUT2D eigenvalue weighted by Crippen LogP contribution is -2.53. The highest BCUT2D eigenvalue weighted by molar-refractivity contribution is 7.13. The quantitative estimate of drug-likeness (QED) is 0.543. The molecule has 1 aromatic heterocycles. The fraction of sp³-hybridized carbons (Fsp3) is 0.333. The molecule has 0 spiro atoms. The molecule has 0 aromatic carbocycles. The first-order valence-electron chi connectivity index (χ1n) is 5.01. The largest absolute Gasteiger partial charge is 0.490 e. The number of halogens is 3. The number of alkyl halides is 3.